The number of hydrogen-bond acceptors (Lipinski definition) is 4. The predicted octanol–water partition coefficient (Wildman–Crippen LogP) is 0.910. The van der Waals surface area contributed by atoms with Crippen molar-refractivity contribution in [3.8, 4) is 0 Å². The maximum Gasteiger partial charge on any atom is 0.267 e. The lowest BCUT2D eigenvalue weighted by Crippen LogP contribution is -2.25. The van der Waals surface area contributed by atoms with Gasteiger partial charge in [0.2, 0.25) is 10.0 Å². The highest BCUT2D eigenvalue weighted by atomic mass is 35.5. The van der Waals surface area contributed by atoms with E-state index in [9.17, 15) is 13.2 Å². The molecule has 0 atom stereocenters. The summed E-state index contributed by atoms with van der Waals surface area (Å²) in [5, 5.41) is 2.47. The number of amides is 1. The number of rotatable bonds is 6. The first-order valence-corrected chi connectivity index (χ1v) is 8.54. The number of anilines is 1. The fourth-order valence-corrected chi connectivity index (χ4v) is 3.23. The maximum absolute atomic E-state index is 12.3. The SMILES string of the molecule is CNC(=O)c1cc(S(=O)(=O)NCCc2ccc(N)cc2)cn1C.Cl. The van der Waals surface area contributed by atoms with Gasteiger partial charge in [-0.1, -0.05) is 12.1 Å². The van der Waals surface area contributed by atoms with Crippen LogP contribution in [-0.4, -0.2) is 32.5 Å². The molecule has 1 heterocycles. The highest BCUT2D eigenvalue weighted by molar-refractivity contribution is 7.89. The van der Waals surface area contributed by atoms with Gasteiger partial charge in [-0.15, -0.1) is 12.4 Å². The Labute approximate surface area is 147 Å². The Bertz CT molecular complexity index is 801. The summed E-state index contributed by atoms with van der Waals surface area (Å²) in [4.78, 5) is 11.7. The summed E-state index contributed by atoms with van der Waals surface area (Å²) in [5.41, 5.74) is 7.54. The Kier molecular flexibility index (Phi) is 6.82. The van der Waals surface area contributed by atoms with Gasteiger partial charge in [-0.25, -0.2) is 13.1 Å². The molecule has 0 aliphatic carbocycles. The van der Waals surface area contributed by atoms with Crippen molar-refractivity contribution in [1.29, 1.82) is 0 Å². The van der Waals surface area contributed by atoms with Gasteiger partial charge in [-0.2, -0.15) is 0 Å². The lowest BCUT2D eigenvalue weighted by Gasteiger charge is -2.05. The van der Waals surface area contributed by atoms with Crippen LogP contribution >= 0.6 is 12.4 Å². The molecule has 132 valence electrons. The van der Waals surface area contributed by atoms with E-state index in [0.29, 0.717) is 12.1 Å². The molecule has 0 saturated carbocycles. The summed E-state index contributed by atoms with van der Waals surface area (Å²) in [5.74, 6) is -0.337. The summed E-state index contributed by atoms with van der Waals surface area (Å²) < 4.78 is 28.6. The summed E-state index contributed by atoms with van der Waals surface area (Å²) in [7, 11) is -0.540. The molecule has 1 amide bonds. The highest BCUT2D eigenvalue weighted by Crippen LogP contribution is 2.13. The third kappa shape index (κ3) is 4.73. The molecule has 0 unspecified atom stereocenters. The van der Waals surface area contributed by atoms with E-state index in [1.54, 1.807) is 19.2 Å². The molecular weight excluding hydrogens is 352 g/mol. The van der Waals surface area contributed by atoms with Crippen LogP contribution < -0.4 is 15.8 Å². The van der Waals surface area contributed by atoms with Gasteiger partial charge < -0.3 is 15.6 Å². The lowest BCUT2D eigenvalue weighted by atomic mass is 10.1. The Balaban J connectivity index is 0.00000288. The number of aromatic nitrogens is 1. The molecular formula is C15H21ClN4O3S. The molecule has 0 radical (unpaired) electrons. The molecule has 2 rings (SSSR count). The number of nitrogens with two attached hydrogens (primary N) is 1. The van der Waals surface area contributed by atoms with E-state index >= 15 is 0 Å². The second kappa shape index (κ2) is 8.18. The Morgan fingerprint density at radius 3 is 2.46 bits per heavy atom. The van der Waals surface area contributed by atoms with Crippen LogP contribution in [0.3, 0.4) is 0 Å². The number of nitrogens with zero attached hydrogens (tertiary/aromatic N) is 1. The average Bonchev–Trinajstić information content (AvgIpc) is 2.91. The molecule has 7 nitrogen and oxygen atoms in total. The topological polar surface area (TPSA) is 106 Å². The summed E-state index contributed by atoms with van der Waals surface area (Å²) in [6.07, 6.45) is 1.96. The van der Waals surface area contributed by atoms with Gasteiger partial charge in [-0.3, -0.25) is 4.79 Å². The van der Waals surface area contributed by atoms with E-state index in [1.165, 1.54) is 23.9 Å². The van der Waals surface area contributed by atoms with Gasteiger partial charge in [0.15, 0.2) is 0 Å². The number of carbonyl (C=O) groups is 1. The van der Waals surface area contributed by atoms with Crippen molar-refractivity contribution in [1.82, 2.24) is 14.6 Å². The number of nitrogen functional groups attached to an aromatic ring is 1. The highest BCUT2D eigenvalue weighted by Gasteiger charge is 2.19. The van der Waals surface area contributed by atoms with Crippen molar-refractivity contribution < 1.29 is 13.2 Å². The summed E-state index contributed by atoms with van der Waals surface area (Å²) in [6, 6.07) is 8.61. The van der Waals surface area contributed by atoms with Crippen molar-refractivity contribution in [2.75, 3.05) is 19.3 Å². The van der Waals surface area contributed by atoms with Gasteiger partial charge in [0, 0.05) is 32.5 Å². The second-order valence-electron chi connectivity index (χ2n) is 5.14. The Morgan fingerprint density at radius 1 is 1.25 bits per heavy atom. The summed E-state index contributed by atoms with van der Waals surface area (Å²) in [6.45, 7) is 0.260. The van der Waals surface area contributed by atoms with Crippen LogP contribution in [0.1, 0.15) is 16.1 Å². The number of nitrogens with one attached hydrogen (secondary N) is 2. The second-order valence-corrected chi connectivity index (χ2v) is 6.91. The van der Waals surface area contributed by atoms with E-state index in [4.69, 9.17) is 5.73 Å². The van der Waals surface area contributed by atoms with Gasteiger partial charge in [-0.05, 0) is 30.2 Å². The average molecular weight is 373 g/mol. The quantitative estimate of drug-likeness (QED) is 0.655. The molecule has 1 aromatic carbocycles. The first kappa shape index (κ1) is 20.0. The van der Waals surface area contributed by atoms with E-state index in [-0.39, 0.29) is 35.4 Å². The number of hydrogen-bond donors (Lipinski definition) is 3. The Hall–Kier alpha value is -2.03. The number of aryl methyl sites for hydroxylation is 1. The first-order valence-electron chi connectivity index (χ1n) is 7.06. The van der Waals surface area contributed by atoms with Crippen LogP contribution in [0.5, 0.6) is 0 Å². The van der Waals surface area contributed by atoms with E-state index < -0.39 is 10.0 Å². The molecule has 0 bridgehead atoms. The first-order chi connectivity index (χ1) is 10.8. The molecule has 9 heteroatoms. The number of halogens is 1. The van der Waals surface area contributed by atoms with Gasteiger partial charge in [0.1, 0.15) is 10.6 Å². The number of sulfonamides is 1. The fraction of sp³-hybridized carbons (Fsp3) is 0.267. The Morgan fingerprint density at radius 2 is 1.88 bits per heavy atom. The van der Waals surface area contributed by atoms with Gasteiger partial charge in [0.25, 0.3) is 5.91 Å². The van der Waals surface area contributed by atoms with E-state index in [0.717, 1.165) is 5.56 Å². The third-order valence-corrected chi connectivity index (χ3v) is 4.86. The maximum atomic E-state index is 12.3. The minimum atomic E-state index is -3.66. The molecule has 24 heavy (non-hydrogen) atoms. The standard InChI is InChI=1S/C15H20N4O3S.ClH/c1-17-15(20)14-9-13(10-19(14)2)23(21,22)18-8-7-11-3-5-12(16)6-4-11;/h3-6,9-10,18H,7-8,16H2,1-2H3,(H,17,20);1H. The normalized spacial score (nSPS) is 10.9. The zero-order chi connectivity index (χ0) is 17.0. The summed E-state index contributed by atoms with van der Waals surface area (Å²) >= 11 is 0. The number of benzene rings is 1. The van der Waals surface area contributed by atoms with Crippen LogP contribution in [-0.2, 0) is 23.5 Å². The molecule has 2 aromatic rings. The van der Waals surface area contributed by atoms with Gasteiger partial charge in [0.05, 0.1) is 0 Å². The monoisotopic (exact) mass is 372 g/mol. The molecule has 0 saturated heterocycles. The molecule has 0 aliphatic rings. The third-order valence-electron chi connectivity index (χ3n) is 3.44. The zero-order valence-electron chi connectivity index (χ0n) is 13.4. The number of carbonyl (C=O) groups excluding carboxylic acids is 1. The minimum Gasteiger partial charge on any atom is -0.399 e. The molecule has 0 aliphatic heterocycles. The molecule has 1 aromatic heterocycles. The van der Waals surface area contributed by atoms with Crippen LogP contribution in [0.15, 0.2) is 41.4 Å². The lowest BCUT2D eigenvalue weighted by molar-refractivity contribution is 0.0955. The zero-order valence-corrected chi connectivity index (χ0v) is 15.1. The van der Waals surface area contributed by atoms with Crippen LogP contribution in [0.2, 0.25) is 0 Å². The van der Waals surface area contributed by atoms with Crippen LogP contribution in [0.25, 0.3) is 0 Å². The smallest absolute Gasteiger partial charge is 0.267 e. The van der Waals surface area contributed by atoms with Crippen molar-refractivity contribution in [3.05, 3.63) is 47.8 Å². The minimum absolute atomic E-state index is 0. The van der Waals surface area contributed by atoms with E-state index in [1.807, 2.05) is 12.1 Å². The van der Waals surface area contributed by atoms with Crippen LogP contribution in [0.4, 0.5) is 5.69 Å². The van der Waals surface area contributed by atoms with Crippen molar-refractivity contribution in [2.24, 2.45) is 7.05 Å². The molecule has 0 spiro atoms. The fourth-order valence-electron chi connectivity index (χ4n) is 2.13. The predicted molar refractivity (Wildman–Crippen MR) is 95.8 cm³/mol. The van der Waals surface area contributed by atoms with Gasteiger partial charge >= 0.3 is 0 Å². The van der Waals surface area contributed by atoms with Crippen molar-refractivity contribution in [3.63, 3.8) is 0 Å². The van der Waals surface area contributed by atoms with Crippen molar-refractivity contribution in [2.45, 2.75) is 11.3 Å². The van der Waals surface area contributed by atoms with E-state index in [2.05, 4.69) is 10.0 Å². The van der Waals surface area contributed by atoms with Crippen LogP contribution in [0, 0.1) is 0 Å². The largest absolute Gasteiger partial charge is 0.399 e. The molecule has 4 N–H and O–H groups in total. The van der Waals surface area contributed by atoms with Crippen molar-refractivity contribution >= 4 is 34.0 Å². The molecule has 0 fully saturated rings.